The molecule has 12 nitrogen and oxygen atoms in total. The van der Waals surface area contributed by atoms with Gasteiger partial charge in [0.15, 0.2) is 18.1 Å². The normalized spacial score (nSPS) is 11.6. The number of nitrogen functional groups attached to an aromatic ring is 1. The van der Waals surface area contributed by atoms with E-state index in [4.69, 9.17) is 10.5 Å². The summed E-state index contributed by atoms with van der Waals surface area (Å²) in [5.41, 5.74) is 4.75. The number of hydrogen-bond acceptors (Lipinski definition) is 9. The Morgan fingerprint density at radius 2 is 1.85 bits per heavy atom. The average molecular weight is 467 g/mol. The molecule has 0 saturated heterocycles. The van der Waals surface area contributed by atoms with Gasteiger partial charge in [0.05, 0.1) is 0 Å². The van der Waals surface area contributed by atoms with Crippen LogP contribution in [0.3, 0.4) is 0 Å². The van der Waals surface area contributed by atoms with Crippen molar-refractivity contribution in [1.82, 2.24) is 29.3 Å². The first-order valence-electron chi connectivity index (χ1n) is 10.4. The lowest BCUT2D eigenvalue weighted by molar-refractivity contribution is -0.136. The second-order valence-corrected chi connectivity index (χ2v) is 7.99. The number of nitrogens with zero attached hydrogens (tertiary/aromatic N) is 6. The molecule has 12 heteroatoms. The number of esters is 1. The van der Waals surface area contributed by atoms with Gasteiger partial charge in [-0.3, -0.25) is 18.7 Å². The fourth-order valence-electron chi connectivity index (χ4n) is 3.23. The SMILES string of the molecule is Cc1nnnn1/C(=C\c1ccccc1)C(=O)OCC(=O)c1c(N)n(CC(C)C)c(=O)n(C)c1=O. The third-order valence-corrected chi connectivity index (χ3v) is 4.91. The van der Waals surface area contributed by atoms with Crippen molar-refractivity contribution in [1.29, 1.82) is 0 Å². The quantitative estimate of drug-likeness (QED) is 0.283. The molecule has 3 aromatic rings. The number of ketones is 1. The molecule has 0 fully saturated rings. The smallest absolute Gasteiger partial charge is 0.357 e. The van der Waals surface area contributed by atoms with Crippen LogP contribution < -0.4 is 17.0 Å². The van der Waals surface area contributed by atoms with Gasteiger partial charge in [-0.25, -0.2) is 9.59 Å². The first kappa shape index (κ1) is 24.3. The molecule has 0 aliphatic carbocycles. The lowest BCUT2D eigenvalue weighted by Crippen LogP contribution is -2.43. The van der Waals surface area contributed by atoms with E-state index in [-0.39, 0.29) is 24.0 Å². The molecule has 0 aliphatic heterocycles. The van der Waals surface area contributed by atoms with Crippen LogP contribution in [0.15, 0.2) is 39.9 Å². The molecule has 0 amide bonds. The van der Waals surface area contributed by atoms with Gasteiger partial charge in [-0.05, 0) is 34.9 Å². The van der Waals surface area contributed by atoms with Gasteiger partial charge in [0.2, 0.25) is 5.78 Å². The number of rotatable bonds is 8. The third kappa shape index (κ3) is 5.00. The lowest BCUT2D eigenvalue weighted by atomic mass is 10.1. The molecular formula is C22H25N7O5. The fourth-order valence-corrected chi connectivity index (χ4v) is 3.23. The van der Waals surface area contributed by atoms with Crippen molar-refractivity contribution in [3.8, 4) is 0 Å². The van der Waals surface area contributed by atoms with Crippen LogP contribution in [0.1, 0.15) is 35.6 Å². The molecule has 3 rings (SSSR count). The predicted molar refractivity (Wildman–Crippen MR) is 124 cm³/mol. The second-order valence-electron chi connectivity index (χ2n) is 7.99. The summed E-state index contributed by atoms with van der Waals surface area (Å²) in [6.45, 7) is 4.76. The Labute approximate surface area is 194 Å². The summed E-state index contributed by atoms with van der Waals surface area (Å²) in [5.74, 6) is -1.64. The lowest BCUT2D eigenvalue weighted by Gasteiger charge is -2.16. The number of tetrazole rings is 1. The van der Waals surface area contributed by atoms with E-state index in [1.165, 1.54) is 17.8 Å². The predicted octanol–water partition coefficient (Wildman–Crippen LogP) is 0.504. The third-order valence-electron chi connectivity index (χ3n) is 4.91. The number of anilines is 1. The Bertz CT molecular complexity index is 1370. The highest BCUT2D eigenvalue weighted by Crippen LogP contribution is 2.15. The summed E-state index contributed by atoms with van der Waals surface area (Å²) in [6, 6.07) is 8.92. The number of benzene rings is 1. The molecule has 0 spiro atoms. The minimum Gasteiger partial charge on any atom is -0.453 e. The van der Waals surface area contributed by atoms with Gasteiger partial charge in [-0.1, -0.05) is 44.2 Å². The molecule has 2 N–H and O–H groups in total. The minimum atomic E-state index is -0.890. The van der Waals surface area contributed by atoms with E-state index in [1.54, 1.807) is 31.2 Å². The minimum absolute atomic E-state index is 0.0310. The van der Waals surface area contributed by atoms with E-state index < -0.39 is 35.2 Å². The van der Waals surface area contributed by atoms with Crippen LogP contribution in [0.2, 0.25) is 0 Å². The zero-order chi connectivity index (χ0) is 25.0. The molecule has 0 saturated carbocycles. The summed E-state index contributed by atoms with van der Waals surface area (Å²) >= 11 is 0. The van der Waals surface area contributed by atoms with Crippen molar-refractivity contribution in [3.63, 3.8) is 0 Å². The number of aromatic nitrogens is 6. The average Bonchev–Trinajstić information content (AvgIpc) is 3.23. The summed E-state index contributed by atoms with van der Waals surface area (Å²) in [7, 11) is 1.25. The number of Topliss-reactive ketones (excluding diaryl/α,β-unsaturated/α-hetero) is 1. The van der Waals surface area contributed by atoms with E-state index in [2.05, 4.69) is 15.5 Å². The Morgan fingerprint density at radius 1 is 1.18 bits per heavy atom. The van der Waals surface area contributed by atoms with Crippen molar-refractivity contribution in [3.05, 3.63) is 68.1 Å². The number of carbonyl (C=O) groups is 2. The number of ether oxygens (including phenoxy) is 1. The highest BCUT2D eigenvalue weighted by molar-refractivity contribution is 6.16. The van der Waals surface area contributed by atoms with Crippen molar-refractivity contribution >= 4 is 29.3 Å². The maximum atomic E-state index is 12.9. The van der Waals surface area contributed by atoms with Crippen LogP contribution in [0.4, 0.5) is 5.82 Å². The molecule has 0 aliphatic rings. The van der Waals surface area contributed by atoms with Gasteiger partial charge in [0.1, 0.15) is 11.4 Å². The highest BCUT2D eigenvalue weighted by atomic mass is 16.5. The molecule has 0 unspecified atom stereocenters. The molecule has 0 radical (unpaired) electrons. The van der Waals surface area contributed by atoms with E-state index in [1.807, 2.05) is 19.9 Å². The van der Waals surface area contributed by atoms with Gasteiger partial charge in [0, 0.05) is 13.6 Å². The first-order chi connectivity index (χ1) is 16.1. The van der Waals surface area contributed by atoms with Crippen molar-refractivity contribution in [2.24, 2.45) is 13.0 Å². The number of carbonyl (C=O) groups excluding carboxylic acids is 2. The van der Waals surface area contributed by atoms with Crippen molar-refractivity contribution in [2.75, 3.05) is 12.3 Å². The molecule has 34 heavy (non-hydrogen) atoms. The standard InChI is InChI=1S/C22H25N7O5/c1-13(2)11-28-19(23)18(20(31)27(4)22(28)33)17(30)12-34-21(32)16(29-14(3)24-25-26-29)10-15-8-6-5-7-9-15/h5-10,13H,11-12,23H2,1-4H3/b16-10-. The van der Waals surface area contributed by atoms with Crippen LogP contribution in [-0.4, -0.2) is 47.7 Å². The van der Waals surface area contributed by atoms with Crippen LogP contribution in [-0.2, 0) is 23.1 Å². The van der Waals surface area contributed by atoms with Gasteiger partial charge in [-0.2, -0.15) is 4.68 Å². The molecule has 2 heterocycles. The van der Waals surface area contributed by atoms with Crippen LogP contribution in [0.5, 0.6) is 0 Å². The molecule has 0 bridgehead atoms. The zero-order valence-corrected chi connectivity index (χ0v) is 19.3. The maximum absolute atomic E-state index is 12.9. The molecular weight excluding hydrogens is 442 g/mol. The number of hydrogen-bond donors (Lipinski definition) is 1. The van der Waals surface area contributed by atoms with Crippen molar-refractivity contribution < 1.29 is 14.3 Å². The largest absolute Gasteiger partial charge is 0.453 e. The van der Waals surface area contributed by atoms with Gasteiger partial charge < -0.3 is 10.5 Å². The van der Waals surface area contributed by atoms with Crippen LogP contribution >= 0.6 is 0 Å². The maximum Gasteiger partial charge on any atom is 0.357 e. The highest BCUT2D eigenvalue weighted by Gasteiger charge is 2.24. The number of nitrogens with two attached hydrogens (primary N) is 1. The van der Waals surface area contributed by atoms with E-state index >= 15 is 0 Å². The number of aryl methyl sites for hydroxylation is 1. The topological polar surface area (TPSA) is 157 Å². The zero-order valence-electron chi connectivity index (χ0n) is 19.3. The monoisotopic (exact) mass is 467 g/mol. The summed E-state index contributed by atoms with van der Waals surface area (Å²) in [6.07, 6.45) is 1.51. The fraction of sp³-hybridized carbons (Fsp3) is 0.318. The second kappa shape index (κ2) is 10.1. The Hall–Kier alpha value is -4.35. The van der Waals surface area contributed by atoms with Gasteiger partial charge >= 0.3 is 11.7 Å². The first-order valence-corrected chi connectivity index (χ1v) is 10.4. The van der Waals surface area contributed by atoms with Crippen LogP contribution in [0.25, 0.3) is 11.8 Å². The summed E-state index contributed by atoms with van der Waals surface area (Å²) < 4.78 is 8.35. The molecule has 2 aromatic heterocycles. The summed E-state index contributed by atoms with van der Waals surface area (Å²) in [5, 5.41) is 11.1. The van der Waals surface area contributed by atoms with Gasteiger partial charge in [-0.15, -0.1) is 5.10 Å². The van der Waals surface area contributed by atoms with Gasteiger partial charge in [0.25, 0.3) is 5.56 Å². The Balaban J connectivity index is 1.92. The Morgan fingerprint density at radius 3 is 2.44 bits per heavy atom. The summed E-state index contributed by atoms with van der Waals surface area (Å²) in [4.78, 5) is 50.8. The van der Waals surface area contributed by atoms with Crippen molar-refractivity contribution in [2.45, 2.75) is 27.3 Å². The van der Waals surface area contributed by atoms with E-state index in [9.17, 15) is 19.2 Å². The van der Waals surface area contributed by atoms with E-state index in [0.29, 0.717) is 11.4 Å². The Kier molecular flexibility index (Phi) is 7.19. The molecule has 1 aromatic carbocycles. The molecule has 178 valence electrons. The van der Waals surface area contributed by atoms with Crippen LogP contribution in [0, 0.1) is 12.8 Å². The van der Waals surface area contributed by atoms with E-state index in [0.717, 1.165) is 9.13 Å². The molecule has 0 atom stereocenters.